The van der Waals surface area contributed by atoms with E-state index in [1.54, 1.807) is 12.1 Å². The number of nitrogens with zero attached hydrogens (tertiary/aromatic N) is 3. The standard InChI is InChI=1S/C17H15ClN4O6/c18-12-4-3-11(22(26)27)10-13(12)19-15(23)17(25)21-7-5-20(6-8-21)16(24)14-2-1-9-28-14/h1-4,9-10H,5-8H2,(H,19,23). The molecule has 0 saturated carbocycles. The van der Waals surface area contributed by atoms with Gasteiger partial charge < -0.3 is 19.5 Å². The highest BCUT2D eigenvalue weighted by atomic mass is 35.5. The highest BCUT2D eigenvalue weighted by Gasteiger charge is 2.29. The number of hydrogen-bond acceptors (Lipinski definition) is 6. The fourth-order valence-electron chi connectivity index (χ4n) is 2.71. The van der Waals surface area contributed by atoms with Gasteiger partial charge in [0.25, 0.3) is 11.6 Å². The van der Waals surface area contributed by atoms with Gasteiger partial charge in [-0.25, -0.2) is 0 Å². The van der Waals surface area contributed by atoms with Crippen LogP contribution in [0.2, 0.25) is 5.02 Å². The van der Waals surface area contributed by atoms with Crippen molar-refractivity contribution < 1.29 is 23.7 Å². The highest BCUT2D eigenvalue weighted by Crippen LogP contribution is 2.26. The lowest BCUT2D eigenvalue weighted by molar-refractivity contribution is -0.384. The molecule has 0 radical (unpaired) electrons. The number of halogens is 1. The lowest BCUT2D eigenvalue weighted by Gasteiger charge is -2.33. The van der Waals surface area contributed by atoms with Gasteiger partial charge in [-0.1, -0.05) is 11.6 Å². The van der Waals surface area contributed by atoms with Crippen LogP contribution < -0.4 is 5.32 Å². The molecule has 11 heteroatoms. The Balaban J connectivity index is 1.59. The van der Waals surface area contributed by atoms with Crippen LogP contribution in [0.4, 0.5) is 11.4 Å². The van der Waals surface area contributed by atoms with Crippen molar-refractivity contribution in [1.29, 1.82) is 0 Å². The van der Waals surface area contributed by atoms with Gasteiger partial charge in [-0.05, 0) is 18.2 Å². The summed E-state index contributed by atoms with van der Waals surface area (Å²) in [6, 6.07) is 6.69. The summed E-state index contributed by atoms with van der Waals surface area (Å²) < 4.78 is 5.07. The third-order valence-corrected chi connectivity index (χ3v) is 4.52. The molecule has 0 atom stereocenters. The predicted molar refractivity (Wildman–Crippen MR) is 97.9 cm³/mol. The van der Waals surface area contributed by atoms with E-state index in [4.69, 9.17) is 16.0 Å². The van der Waals surface area contributed by atoms with Gasteiger partial charge in [0.15, 0.2) is 5.76 Å². The Bertz CT molecular complexity index is 922. The van der Waals surface area contributed by atoms with Gasteiger partial charge in [0.1, 0.15) is 0 Å². The first-order valence-corrected chi connectivity index (χ1v) is 8.61. The first-order valence-electron chi connectivity index (χ1n) is 8.24. The smallest absolute Gasteiger partial charge is 0.313 e. The number of piperazine rings is 1. The third-order valence-electron chi connectivity index (χ3n) is 4.19. The van der Waals surface area contributed by atoms with E-state index in [0.717, 1.165) is 6.07 Å². The number of carbonyl (C=O) groups is 3. The van der Waals surface area contributed by atoms with Crippen molar-refractivity contribution in [1.82, 2.24) is 9.80 Å². The Hall–Kier alpha value is -3.40. The maximum absolute atomic E-state index is 12.4. The second-order valence-corrected chi connectivity index (χ2v) is 6.34. The summed E-state index contributed by atoms with van der Waals surface area (Å²) in [7, 11) is 0. The molecule has 1 saturated heterocycles. The van der Waals surface area contributed by atoms with E-state index >= 15 is 0 Å². The second kappa shape index (κ2) is 8.09. The number of amides is 3. The van der Waals surface area contributed by atoms with Gasteiger partial charge in [0.05, 0.1) is 21.9 Å². The van der Waals surface area contributed by atoms with Crippen LogP contribution in [0, 0.1) is 10.1 Å². The third kappa shape index (κ3) is 4.12. The van der Waals surface area contributed by atoms with E-state index in [-0.39, 0.29) is 54.2 Å². The molecule has 1 fully saturated rings. The summed E-state index contributed by atoms with van der Waals surface area (Å²) in [5.74, 6) is -1.86. The summed E-state index contributed by atoms with van der Waals surface area (Å²) in [5, 5.41) is 13.2. The van der Waals surface area contributed by atoms with Crippen LogP contribution in [-0.2, 0) is 9.59 Å². The number of nitrogens with one attached hydrogen (secondary N) is 1. The van der Waals surface area contributed by atoms with E-state index < -0.39 is 16.7 Å². The van der Waals surface area contributed by atoms with E-state index in [9.17, 15) is 24.5 Å². The van der Waals surface area contributed by atoms with Gasteiger partial charge in [0, 0.05) is 38.3 Å². The maximum Gasteiger partial charge on any atom is 0.313 e. The van der Waals surface area contributed by atoms with Crippen molar-refractivity contribution in [3.05, 3.63) is 57.5 Å². The Morgan fingerprint density at radius 1 is 1.11 bits per heavy atom. The number of rotatable bonds is 3. The summed E-state index contributed by atoms with van der Waals surface area (Å²) >= 11 is 5.92. The van der Waals surface area contributed by atoms with Crippen LogP contribution in [0.1, 0.15) is 10.6 Å². The van der Waals surface area contributed by atoms with Crippen molar-refractivity contribution in [2.75, 3.05) is 31.5 Å². The van der Waals surface area contributed by atoms with Crippen molar-refractivity contribution in [2.45, 2.75) is 0 Å². The normalized spacial score (nSPS) is 13.9. The molecule has 1 aromatic heterocycles. The van der Waals surface area contributed by atoms with Crippen molar-refractivity contribution in [3.8, 4) is 0 Å². The Morgan fingerprint density at radius 3 is 2.39 bits per heavy atom. The van der Waals surface area contributed by atoms with E-state index in [1.807, 2.05) is 0 Å². The predicted octanol–water partition coefficient (Wildman–Crippen LogP) is 1.76. The SMILES string of the molecule is O=C(Nc1cc([N+](=O)[O-])ccc1Cl)C(=O)N1CCN(C(=O)c2ccco2)CC1. The van der Waals surface area contributed by atoms with Gasteiger partial charge in [-0.15, -0.1) is 0 Å². The quantitative estimate of drug-likeness (QED) is 0.470. The highest BCUT2D eigenvalue weighted by molar-refractivity contribution is 6.41. The van der Waals surface area contributed by atoms with E-state index in [2.05, 4.69) is 5.32 Å². The minimum Gasteiger partial charge on any atom is -0.459 e. The van der Waals surface area contributed by atoms with Crippen LogP contribution >= 0.6 is 11.6 Å². The molecule has 1 aromatic carbocycles. The first kappa shape index (κ1) is 19.4. The molecule has 146 valence electrons. The molecule has 3 rings (SSSR count). The molecule has 0 spiro atoms. The van der Waals surface area contributed by atoms with Crippen LogP contribution in [-0.4, -0.2) is 58.6 Å². The lowest BCUT2D eigenvalue weighted by Crippen LogP contribution is -2.52. The molecular formula is C17H15ClN4O6. The van der Waals surface area contributed by atoms with Crippen LogP contribution in [0.15, 0.2) is 41.0 Å². The zero-order valence-electron chi connectivity index (χ0n) is 14.5. The van der Waals surface area contributed by atoms with Crippen LogP contribution in [0.3, 0.4) is 0 Å². The molecule has 3 amide bonds. The van der Waals surface area contributed by atoms with E-state index in [0.29, 0.717) is 0 Å². The summed E-state index contributed by atoms with van der Waals surface area (Å²) in [5.41, 5.74) is -0.293. The molecule has 0 unspecified atom stereocenters. The van der Waals surface area contributed by atoms with Crippen molar-refractivity contribution in [3.63, 3.8) is 0 Å². The average Bonchev–Trinajstić information content (AvgIpc) is 3.23. The molecule has 0 aliphatic carbocycles. The monoisotopic (exact) mass is 406 g/mol. The van der Waals surface area contributed by atoms with Gasteiger partial charge >= 0.3 is 11.8 Å². The second-order valence-electron chi connectivity index (χ2n) is 5.94. The van der Waals surface area contributed by atoms with Crippen molar-refractivity contribution in [2.24, 2.45) is 0 Å². The van der Waals surface area contributed by atoms with E-state index in [1.165, 1.54) is 28.2 Å². The zero-order valence-corrected chi connectivity index (χ0v) is 15.2. The first-order chi connectivity index (χ1) is 13.4. The van der Waals surface area contributed by atoms with Gasteiger partial charge in [-0.2, -0.15) is 0 Å². The van der Waals surface area contributed by atoms with Gasteiger partial charge in [0.2, 0.25) is 0 Å². The molecular weight excluding hydrogens is 392 g/mol. The number of non-ortho nitro benzene ring substituents is 1. The largest absolute Gasteiger partial charge is 0.459 e. The van der Waals surface area contributed by atoms with Crippen LogP contribution in [0.25, 0.3) is 0 Å². The Labute approximate surface area is 163 Å². The summed E-state index contributed by atoms with van der Waals surface area (Å²) in [4.78, 5) is 49.8. The summed E-state index contributed by atoms with van der Waals surface area (Å²) in [6.07, 6.45) is 1.40. The molecule has 2 heterocycles. The molecule has 10 nitrogen and oxygen atoms in total. The Kier molecular flexibility index (Phi) is 5.59. The number of nitro benzene ring substituents is 1. The molecule has 1 aliphatic heterocycles. The minimum absolute atomic E-state index is 0.0270. The topological polar surface area (TPSA) is 126 Å². The number of carbonyl (C=O) groups excluding carboxylic acids is 3. The molecule has 28 heavy (non-hydrogen) atoms. The number of furan rings is 1. The molecule has 0 bridgehead atoms. The summed E-state index contributed by atoms with van der Waals surface area (Å²) in [6.45, 7) is 0.828. The lowest BCUT2D eigenvalue weighted by atomic mass is 10.2. The number of nitro groups is 1. The van der Waals surface area contributed by atoms with Crippen molar-refractivity contribution >= 4 is 40.7 Å². The number of anilines is 1. The maximum atomic E-state index is 12.4. The van der Waals surface area contributed by atoms with Crippen LogP contribution in [0.5, 0.6) is 0 Å². The molecule has 2 aromatic rings. The number of benzene rings is 1. The van der Waals surface area contributed by atoms with Gasteiger partial charge in [-0.3, -0.25) is 24.5 Å². The molecule has 1 aliphatic rings. The molecule has 1 N–H and O–H groups in total. The Morgan fingerprint density at radius 2 is 1.79 bits per heavy atom. The average molecular weight is 407 g/mol. The number of hydrogen-bond donors (Lipinski definition) is 1. The minimum atomic E-state index is -0.965. The fourth-order valence-corrected chi connectivity index (χ4v) is 2.88. The fraction of sp³-hybridized carbons (Fsp3) is 0.235. The zero-order chi connectivity index (χ0) is 20.3.